The minimum absolute atomic E-state index is 0. The zero-order chi connectivity index (χ0) is 40.6. The highest BCUT2D eigenvalue weighted by molar-refractivity contribution is 9.10. The molecule has 55 heavy (non-hydrogen) atoms. The van der Waals surface area contributed by atoms with Crippen LogP contribution in [0.3, 0.4) is 0 Å². The van der Waals surface area contributed by atoms with Crippen LogP contribution in [0.25, 0.3) is 5.57 Å². The Morgan fingerprint density at radius 1 is 0.782 bits per heavy atom. The lowest BCUT2D eigenvalue weighted by molar-refractivity contribution is -0.389. The summed E-state index contributed by atoms with van der Waals surface area (Å²) in [6.45, 7) is 21.5. The lowest BCUT2D eigenvalue weighted by Crippen LogP contribution is -2.41. The Labute approximate surface area is 332 Å². The van der Waals surface area contributed by atoms with Gasteiger partial charge in [0.05, 0.1) is 15.7 Å². The molecule has 5 rings (SSSR count). The predicted molar refractivity (Wildman–Crippen MR) is 213 cm³/mol. The number of hydrogen-bond donors (Lipinski definition) is 0. The van der Waals surface area contributed by atoms with Crippen LogP contribution in [-0.2, 0) is 18.8 Å². The van der Waals surface area contributed by atoms with Crippen LogP contribution < -0.4 is 0 Å². The highest BCUT2D eigenvalue weighted by Crippen LogP contribution is 2.39. The summed E-state index contributed by atoms with van der Waals surface area (Å²) in [5.41, 5.74) is 1.34. The molecule has 16 nitrogen and oxygen atoms in total. The average Bonchev–Trinajstić information content (AvgIpc) is 3.30. The number of carbonyl (C=O) groups excluding carboxylic acids is 2. The molecule has 2 aromatic heterocycles. The van der Waals surface area contributed by atoms with Crippen molar-refractivity contribution in [2.75, 3.05) is 26.2 Å². The maximum absolute atomic E-state index is 12.1. The molecular weight excluding hydrogens is 779 g/mol. The zero-order valence-electron chi connectivity index (χ0n) is 32.6. The summed E-state index contributed by atoms with van der Waals surface area (Å²) in [6.07, 6.45) is 7.65. The van der Waals surface area contributed by atoms with E-state index in [0.29, 0.717) is 32.6 Å². The minimum atomic E-state index is -0.535. The van der Waals surface area contributed by atoms with Gasteiger partial charge in [-0.05, 0) is 141 Å². The van der Waals surface area contributed by atoms with Crippen molar-refractivity contribution in [2.24, 2.45) is 0 Å². The number of amides is 2. The molecule has 3 aliphatic heterocycles. The van der Waals surface area contributed by atoms with Crippen LogP contribution in [0, 0.1) is 20.2 Å². The molecule has 1 fully saturated rings. The maximum Gasteiger partial charge on any atom is 0.490 e. The second-order valence-corrected chi connectivity index (χ2v) is 16.6. The third-order valence-corrected chi connectivity index (χ3v) is 8.99. The van der Waals surface area contributed by atoms with E-state index in [9.17, 15) is 29.8 Å². The largest absolute Gasteiger partial charge is 0.490 e. The van der Waals surface area contributed by atoms with Crippen molar-refractivity contribution in [1.29, 1.82) is 0 Å². The lowest BCUT2D eigenvalue weighted by atomic mass is 9.75. The molecule has 0 spiro atoms. The van der Waals surface area contributed by atoms with Gasteiger partial charge < -0.3 is 48.8 Å². The number of aromatic nitrogens is 2. The second kappa shape index (κ2) is 19.0. The lowest BCUT2D eigenvalue weighted by Gasteiger charge is -2.32. The van der Waals surface area contributed by atoms with Crippen molar-refractivity contribution in [3.8, 4) is 0 Å². The van der Waals surface area contributed by atoms with E-state index in [2.05, 4.69) is 25.9 Å². The summed E-state index contributed by atoms with van der Waals surface area (Å²) in [5.74, 6) is -0.307. The van der Waals surface area contributed by atoms with Crippen molar-refractivity contribution in [2.45, 2.75) is 112 Å². The van der Waals surface area contributed by atoms with Crippen molar-refractivity contribution < 1.29 is 38.2 Å². The maximum atomic E-state index is 12.1. The van der Waals surface area contributed by atoms with Crippen molar-refractivity contribution >= 4 is 52.4 Å². The Balaban J connectivity index is 0.000000302. The van der Waals surface area contributed by atoms with E-state index >= 15 is 0 Å². The van der Waals surface area contributed by atoms with Gasteiger partial charge >= 0.3 is 30.9 Å². The molecule has 1 saturated heterocycles. The first-order chi connectivity index (χ1) is 24.9. The van der Waals surface area contributed by atoms with Gasteiger partial charge in [0.15, 0.2) is 6.20 Å². The van der Waals surface area contributed by atoms with E-state index in [1.54, 1.807) is 21.9 Å². The topological polar surface area (TPSA) is 190 Å². The molecule has 0 atom stereocenters. The fraction of sp³-hybridized carbons (Fsp3) is 0.568. The minimum Gasteiger partial charge on any atom is -0.444 e. The highest BCUT2D eigenvalue weighted by Gasteiger charge is 2.52. The standard InChI is InChI=1S/C16H28BNO4.C15H19N3O4.C5H3BrN2O2.CH4/c1-14(2,3)20-13(19)18-10-8-12(9-11-18)17-21-15(4,5)16(6,7)22-17;1-15(2,3)22-14(19)17-8-6-11(7-9-17)12-4-5-13(16-10-12)18(20)21;6-4-1-2-5(7-3-4)8(9)10;/h8H,9-11H2,1-7H3;4-6,10H,7-9H2,1-3H3;1-3H;1H4. The quantitative estimate of drug-likeness (QED) is 0.162. The monoisotopic (exact) mass is 832 g/mol. The molecule has 0 radical (unpaired) electrons. The fourth-order valence-corrected chi connectivity index (χ4v) is 5.20. The highest BCUT2D eigenvalue weighted by atomic mass is 79.9. The summed E-state index contributed by atoms with van der Waals surface area (Å²) < 4.78 is 23.6. The van der Waals surface area contributed by atoms with E-state index in [1.807, 2.05) is 81.4 Å². The predicted octanol–water partition coefficient (Wildman–Crippen LogP) is 8.59. The van der Waals surface area contributed by atoms with Crippen molar-refractivity contribution in [3.05, 3.63) is 84.5 Å². The molecule has 2 aromatic rings. The molecule has 0 aliphatic carbocycles. The van der Waals surface area contributed by atoms with E-state index in [0.717, 1.165) is 27.5 Å². The molecule has 5 heterocycles. The zero-order valence-corrected chi connectivity index (χ0v) is 34.2. The van der Waals surface area contributed by atoms with Gasteiger partial charge in [-0.2, -0.15) is 0 Å². The van der Waals surface area contributed by atoms with Crippen LogP contribution in [0.5, 0.6) is 0 Å². The summed E-state index contributed by atoms with van der Waals surface area (Å²) in [7, 11) is -0.314. The SMILES string of the molecule is C.CC(C)(C)OC(=O)N1CC=C(B2OC(C)(C)C(C)(C)O2)CC1.CC(C)(C)OC(=O)N1CC=C(c2ccc([N+](=O)[O-])nc2)CC1.O=[N+]([O-])c1ccc(Br)cn1. The molecule has 0 bridgehead atoms. The molecule has 3 aliphatic rings. The summed E-state index contributed by atoms with van der Waals surface area (Å²) in [4.78, 5) is 54.3. The first kappa shape index (κ1) is 46.7. The molecular formula is C37H54BBrN6O10. The Morgan fingerprint density at radius 2 is 1.24 bits per heavy atom. The van der Waals surface area contributed by atoms with Crippen LogP contribution >= 0.6 is 15.9 Å². The van der Waals surface area contributed by atoms with Gasteiger partial charge in [-0.25, -0.2) is 9.59 Å². The number of carbonyl (C=O) groups is 2. The molecule has 0 aromatic carbocycles. The third-order valence-electron chi connectivity index (χ3n) is 8.52. The van der Waals surface area contributed by atoms with Gasteiger partial charge in [0.1, 0.15) is 17.4 Å². The third kappa shape index (κ3) is 14.3. The Morgan fingerprint density at radius 3 is 1.58 bits per heavy atom. The first-order valence-corrected chi connectivity index (χ1v) is 18.2. The van der Waals surface area contributed by atoms with Gasteiger partial charge in [-0.3, -0.25) is 0 Å². The Bertz CT molecular complexity index is 1710. The smallest absolute Gasteiger partial charge is 0.444 e. The van der Waals surface area contributed by atoms with Crippen LogP contribution in [0.15, 0.2) is 58.8 Å². The van der Waals surface area contributed by atoms with Crippen LogP contribution in [0.4, 0.5) is 21.2 Å². The Hall–Kier alpha value is -4.42. The summed E-state index contributed by atoms with van der Waals surface area (Å²) in [5, 5.41) is 20.6. The number of nitrogens with zero attached hydrogens (tertiary/aromatic N) is 6. The summed E-state index contributed by atoms with van der Waals surface area (Å²) >= 11 is 3.11. The van der Waals surface area contributed by atoms with Crippen molar-refractivity contribution in [1.82, 2.24) is 19.8 Å². The molecule has 0 saturated carbocycles. The number of nitro groups is 2. The molecule has 0 unspecified atom stereocenters. The van der Waals surface area contributed by atoms with Crippen LogP contribution in [0.1, 0.15) is 95.1 Å². The number of hydrogen-bond acceptors (Lipinski definition) is 12. The summed E-state index contributed by atoms with van der Waals surface area (Å²) in [6, 6.07) is 5.98. The van der Waals surface area contributed by atoms with Crippen molar-refractivity contribution in [3.63, 3.8) is 0 Å². The molecule has 0 N–H and O–H groups in total. The van der Waals surface area contributed by atoms with Gasteiger partial charge in [-0.1, -0.05) is 19.6 Å². The number of ether oxygens (including phenoxy) is 2. The molecule has 18 heteroatoms. The first-order valence-electron chi connectivity index (χ1n) is 17.4. The normalized spacial score (nSPS) is 17.5. The van der Waals surface area contributed by atoms with Gasteiger partial charge in [0.25, 0.3) is 0 Å². The van der Waals surface area contributed by atoms with Gasteiger partial charge in [-0.15, -0.1) is 0 Å². The molecule has 302 valence electrons. The Kier molecular flexibility index (Phi) is 16.1. The second-order valence-electron chi connectivity index (χ2n) is 15.7. The number of rotatable bonds is 4. The van der Waals surface area contributed by atoms with E-state index in [-0.39, 0.29) is 49.6 Å². The van der Waals surface area contributed by atoms with E-state index in [1.165, 1.54) is 24.5 Å². The van der Waals surface area contributed by atoms with Gasteiger partial charge in [0.2, 0.25) is 0 Å². The molecule has 2 amide bonds. The average molecular weight is 834 g/mol. The van der Waals surface area contributed by atoms with Crippen LogP contribution in [0.2, 0.25) is 0 Å². The van der Waals surface area contributed by atoms with Crippen LogP contribution in [-0.4, -0.2) is 97.5 Å². The fourth-order valence-electron chi connectivity index (χ4n) is 4.97. The number of halogens is 1. The van der Waals surface area contributed by atoms with E-state index < -0.39 is 21.0 Å². The van der Waals surface area contributed by atoms with E-state index in [4.69, 9.17) is 18.8 Å². The van der Waals surface area contributed by atoms with Gasteiger partial charge in [0, 0.05) is 43.9 Å². The number of pyridine rings is 2.